The maximum absolute atomic E-state index is 14.4. The van der Waals surface area contributed by atoms with Crippen LogP contribution in [0.4, 0.5) is 5.69 Å². The first kappa shape index (κ1) is 28.0. The summed E-state index contributed by atoms with van der Waals surface area (Å²) in [5.41, 5.74) is 4.70. The van der Waals surface area contributed by atoms with Crippen LogP contribution in [0.5, 0.6) is 5.75 Å². The highest BCUT2D eigenvalue weighted by atomic mass is 16.5. The molecule has 2 aliphatic rings. The largest absolute Gasteiger partial charge is 0.497 e. The van der Waals surface area contributed by atoms with E-state index in [1.807, 2.05) is 74.4 Å². The number of carbonyl (C=O) groups excluding carboxylic acids is 3. The highest BCUT2D eigenvalue weighted by Gasteiger charge is 2.49. The molecule has 1 heterocycles. The number of ether oxygens (including phenoxy) is 3. The van der Waals surface area contributed by atoms with E-state index in [1.165, 1.54) is 0 Å². The number of nitrogens with zero attached hydrogens (tertiary/aromatic N) is 1. The summed E-state index contributed by atoms with van der Waals surface area (Å²) in [6.45, 7) is 5.65. The molecule has 39 heavy (non-hydrogen) atoms. The quantitative estimate of drug-likeness (QED) is 0.393. The van der Waals surface area contributed by atoms with Gasteiger partial charge in [-0.1, -0.05) is 24.3 Å². The minimum Gasteiger partial charge on any atom is -0.497 e. The fourth-order valence-electron chi connectivity index (χ4n) is 5.48. The molecule has 2 aromatic carbocycles. The van der Waals surface area contributed by atoms with Crippen molar-refractivity contribution < 1.29 is 28.6 Å². The van der Waals surface area contributed by atoms with E-state index in [2.05, 4.69) is 5.32 Å². The molecule has 1 aliphatic heterocycles. The molecule has 0 saturated carbocycles. The third kappa shape index (κ3) is 5.41. The standard InChI is InChI=1S/C31H36N2O6/c1-7-38-30(35)25-18(3)32-24-17-23(19-11-15-22(37-6)16-12-19)27(31(36)39-8-2)29(34)28(24)26(25)20-9-13-21(14-10-20)33(4)5/h9-16,23,26-27,32H,7-8,17H2,1-6H3/t23-,26-,27-/m1/s1. The van der Waals surface area contributed by atoms with Crippen LogP contribution in [0.1, 0.15) is 50.2 Å². The second kappa shape index (κ2) is 11.8. The molecule has 0 fully saturated rings. The Kier molecular flexibility index (Phi) is 8.43. The molecule has 8 heteroatoms. The lowest BCUT2D eigenvalue weighted by atomic mass is 9.67. The fraction of sp³-hybridized carbons (Fsp3) is 0.387. The lowest BCUT2D eigenvalue weighted by Crippen LogP contribution is -2.43. The number of rotatable bonds is 8. The van der Waals surface area contributed by atoms with E-state index in [0.29, 0.717) is 34.7 Å². The Morgan fingerprint density at radius 1 is 0.949 bits per heavy atom. The van der Waals surface area contributed by atoms with E-state index in [0.717, 1.165) is 16.8 Å². The highest BCUT2D eigenvalue weighted by Crippen LogP contribution is 2.48. The van der Waals surface area contributed by atoms with Crippen LogP contribution in [0.3, 0.4) is 0 Å². The lowest BCUT2D eigenvalue weighted by Gasteiger charge is -2.39. The number of ketones is 1. The molecule has 4 rings (SSSR count). The Balaban J connectivity index is 1.88. The Labute approximate surface area is 229 Å². The third-order valence-electron chi connectivity index (χ3n) is 7.34. The number of dihydropyridines is 1. The molecule has 206 valence electrons. The number of allylic oxidation sites excluding steroid dienone is 3. The van der Waals surface area contributed by atoms with Gasteiger partial charge in [0, 0.05) is 48.6 Å². The lowest BCUT2D eigenvalue weighted by molar-refractivity contribution is -0.152. The Morgan fingerprint density at radius 3 is 2.13 bits per heavy atom. The number of esters is 2. The van der Waals surface area contributed by atoms with E-state index in [1.54, 1.807) is 21.0 Å². The molecule has 2 aromatic rings. The molecular weight excluding hydrogens is 496 g/mol. The summed E-state index contributed by atoms with van der Waals surface area (Å²) < 4.78 is 16.1. The van der Waals surface area contributed by atoms with Crippen molar-refractivity contribution in [2.45, 2.75) is 39.0 Å². The minimum atomic E-state index is -1.05. The van der Waals surface area contributed by atoms with Gasteiger partial charge in [0.05, 0.1) is 25.9 Å². The Bertz CT molecular complexity index is 1310. The Hall–Kier alpha value is -4.07. The predicted molar refractivity (Wildman–Crippen MR) is 148 cm³/mol. The van der Waals surface area contributed by atoms with Crippen LogP contribution in [0, 0.1) is 5.92 Å². The van der Waals surface area contributed by atoms with Crippen LogP contribution in [0.25, 0.3) is 0 Å². The van der Waals surface area contributed by atoms with Crippen molar-refractivity contribution in [3.63, 3.8) is 0 Å². The molecule has 0 aromatic heterocycles. The molecule has 1 N–H and O–H groups in total. The van der Waals surface area contributed by atoms with E-state index >= 15 is 0 Å². The summed E-state index contributed by atoms with van der Waals surface area (Å²) >= 11 is 0. The average molecular weight is 533 g/mol. The number of carbonyl (C=O) groups is 3. The summed E-state index contributed by atoms with van der Waals surface area (Å²) in [6, 6.07) is 15.1. The number of Topliss-reactive ketones (excluding diaryl/α,β-unsaturated/α-hetero) is 1. The minimum absolute atomic E-state index is 0.157. The van der Waals surface area contributed by atoms with E-state index in [-0.39, 0.29) is 19.0 Å². The highest BCUT2D eigenvalue weighted by molar-refractivity contribution is 6.13. The molecule has 0 radical (unpaired) electrons. The molecule has 3 atom stereocenters. The zero-order chi connectivity index (χ0) is 28.3. The van der Waals surface area contributed by atoms with Gasteiger partial charge in [0.25, 0.3) is 0 Å². The Morgan fingerprint density at radius 2 is 1.56 bits per heavy atom. The third-order valence-corrected chi connectivity index (χ3v) is 7.34. The number of nitrogens with one attached hydrogen (secondary N) is 1. The second-order valence-electron chi connectivity index (χ2n) is 9.87. The van der Waals surface area contributed by atoms with Crippen LogP contribution < -0.4 is 15.0 Å². The first-order valence-electron chi connectivity index (χ1n) is 13.2. The zero-order valence-corrected chi connectivity index (χ0v) is 23.4. The smallest absolute Gasteiger partial charge is 0.336 e. The van der Waals surface area contributed by atoms with Crippen LogP contribution >= 0.6 is 0 Å². The van der Waals surface area contributed by atoms with Gasteiger partial charge in [-0.3, -0.25) is 9.59 Å². The van der Waals surface area contributed by atoms with Gasteiger partial charge >= 0.3 is 11.9 Å². The van der Waals surface area contributed by atoms with Crippen molar-refractivity contribution in [3.05, 3.63) is 82.2 Å². The van der Waals surface area contributed by atoms with Crippen molar-refractivity contribution >= 4 is 23.4 Å². The average Bonchev–Trinajstić information content (AvgIpc) is 2.92. The van der Waals surface area contributed by atoms with Gasteiger partial charge in [-0.05, 0) is 62.6 Å². The van der Waals surface area contributed by atoms with Crippen molar-refractivity contribution in [1.82, 2.24) is 5.32 Å². The SMILES string of the molecule is CCOC(=O)C1=C(C)NC2=C(C(=O)[C@H](C(=O)OCC)[C@@H](c3ccc(OC)cc3)C2)[C@@H]1c1ccc(N(C)C)cc1. The van der Waals surface area contributed by atoms with Gasteiger partial charge in [0.2, 0.25) is 0 Å². The summed E-state index contributed by atoms with van der Waals surface area (Å²) in [6.07, 6.45) is 0.399. The zero-order valence-electron chi connectivity index (χ0n) is 23.4. The number of methoxy groups -OCH3 is 1. The summed E-state index contributed by atoms with van der Waals surface area (Å²) in [7, 11) is 5.48. The van der Waals surface area contributed by atoms with E-state index in [4.69, 9.17) is 14.2 Å². The van der Waals surface area contributed by atoms with Crippen LogP contribution in [-0.2, 0) is 23.9 Å². The second-order valence-corrected chi connectivity index (χ2v) is 9.87. The first-order valence-corrected chi connectivity index (χ1v) is 13.2. The maximum Gasteiger partial charge on any atom is 0.336 e. The molecular formula is C31H36N2O6. The molecule has 0 spiro atoms. The van der Waals surface area contributed by atoms with Crippen LogP contribution in [0.2, 0.25) is 0 Å². The van der Waals surface area contributed by atoms with Gasteiger partial charge in [-0.15, -0.1) is 0 Å². The molecule has 0 amide bonds. The van der Waals surface area contributed by atoms with Crippen molar-refractivity contribution in [2.24, 2.45) is 5.92 Å². The van der Waals surface area contributed by atoms with E-state index < -0.39 is 29.7 Å². The molecule has 0 bridgehead atoms. The molecule has 0 unspecified atom stereocenters. The normalized spacial score (nSPS) is 20.7. The summed E-state index contributed by atoms with van der Waals surface area (Å²) in [4.78, 5) is 42.9. The van der Waals surface area contributed by atoms with Crippen LogP contribution in [-0.4, -0.2) is 52.1 Å². The topological polar surface area (TPSA) is 94.2 Å². The summed E-state index contributed by atoms with van der Waals surface area (Å²) in [5.74, 6) is -2.90. The summed E-state index contributed by atoms with van der Waals surface area (Å²) in [5, 5.41) is 3.33. The van der Waals surface area contributed by atoms with Crippen molar-refractivity contribution in [3.8, 4) is 5.75 Å². The number of hydrogen-bond acceptors (Lipinski definition) is 8. The van der Waals surface area contributed by atoms with Gasteiger partial charge in [0.15, 0.2) is 5.78 Å². The van der Waals surface area contributed by atoms with Crippen LogP contribution in [0.15, 0.2) is 71.1 Å². The van der Waals surface area contributed by atoms with Gasteiger partial charge in [-0.2, -0.15) is 0 Å². The van der Waals surface area contributed by atoms with Crippen molar-refractivity contribution in [2.75, 3.05) is 39.3 Å². The molecule has 1 aliphatic carbocycles. The number of anilines is 1. The predicted octanol–water partition coefficient (Wildman–Crippen LogP) is 4.48. The van der Waals surface area contributed by atoms with Crippen molar-refractivity contribution in [1.29, 1.82) is 0 Å². The molecule has 0 saturated heterocycles. The first-order chi connectivity index (χ1) is 18.7. The van der Waals surface area contributed by atoms with Gasteiger partial charge in [0.1, 0.15) is 11.7 Å². The maximum atomic E-state index is 14.4. The number of benzene rings is 2. The van der Waals surface area contributed by atoms with Gasteiger partial charge < -0.3 is 24.4 Å². The number of hydrogen-bond donors (Lipinski definition) is 1. The van der Waals surface area contributed by atoms with E-state index in [9.17, 15) is 14.4 Å². The molecule has 8 nitrogen and oxygen atoms in total. The monoisotopic (exact) mass is 532 g/mol. The fourth-order valence-corrected chi connectivity index (χ4v) is 5.48. The van der Waals surface area contributed by atoms with Gasteiger partial charge in [-0.25, -0.2) is 4.79 Å².